The van der Waals surface area contributed by atoms with Crippen molar-refractivity contribution in [2.24, 2.45) is 0 Å². The van der Waals surface area contributed by atoms with Gasteiger partial charge in [0.05, 0.1) is 5.52 Å². The molecule has 0 saturated carbocycles. The van der Waals surface area contributed by atoms with E-state index < -0.39 is 0 Å². The zero-order chi connectivity index (χ0) is 7.84. The van der Waals surface area contributed by atoms with Crippen molar-refractivity contribution in [2.75, 3.05) is 0 Å². The molecule has 0 bridgehead atoms. The van der Waals surface area contributed by atoms with Crippen LogP contribution in [0.25, 0.3) is 10.9 Å². The van der Waals surface area contributed by atoms with Crippen molar-refractivity contribution in [3.8, 4) is 0 Å². The predicted molar refractivity (Wildman–Crippen MR) is 53.8 cm³/mol. The van der Waals surface area contributed by atoms with E-state index in [0.29, 0.717) is 5.15 Å². The Kier molecular flexibility index (Phi) is 1.77. The maximum absolute atomic E-state index is 5.80. The lowest BCUT2D eigenvalue weighted by Crippen LogP contribution is -1.69. The number of aromatic amines is 1. The molecule has 2 rings (SSSR count). The third kappa shape index (κ3) is 1.22. The maximum atomic E-state index is 5.80. The first kappa shape index (κ1) is 7.36. The normalized spacial score (nSPS) is 10.7. The summed E-state index contributed by atoms with van der Waals surface area (Å²) in [5.74, 6) is 0. The molecule has 0 unspecified atom stereocenters. The molecule has 1 heterocycles. The monoisotopic (exact) mass is 278 g/mol. The van der Waals surface area contributed by atoms with Gasteiger partial charge in [0.15, 0.2) is 5.15 Å². The number of fused-ring (bicyclic) bond motifs is 1. The average molecular weight is 278 g/mol. The van der Waals surface area contributed by atoms with Gasteiger partial charge in [-0.15, -0.1) is 0 Å². The van der Waals surface area contributed by atoms with Crippen molar-refractivity contribution < 1.29 is 0 Å². The number of benzene rings is 1. The van der Waals surface area contributed by atoms with Gasteiger partial charge >= 0.3 is 0 Å². The fourth-order valence-electron chi connectivity index (χ4n) is 0.954. The van der Waals surface area contributed by atoms with E-state index in [0.717, 1.165) is 10.9 Å². The Bertz CT molecular complexity index is 396. The quantitative estimate of drug-likeness (QED) is 0.738. The maximum Gasteiger partial charge on any atom is 0.158 e. The summed E-state index contributed by atoms with van der Waals surface area (Å²) in [6, 6.07) is 5.98. The Hall–Kier alpha value is -0.290. The molecule has 2 nitrogen and oxygen atoms in total. The van der Waals surface area contributed by atoms with E-state index in [1.807, 2.05) is 18.2 Å². The summed E-state index contributed by atoms with van der Waals surface area (Å²) in [7, 11) is 0. The van der Waals surface area contributed by atoms with E-state index in [-0.39, 0.29) is 0 Å². The second-order valence-electron chi connectivity index (χ2n) is 2.20. The first-order valence-corrected chi connectivity index (χ1v) is 4.52. The van der Waals surface area contributed by atoms with E-state index in [2.05, 4.69) is 32.8 Å². The summed E-state index contributed by atoms with van der Waals surface area (Å²) < 4.78 is 1.17. The number of halogens is 2. The number of nitrogens with zero attached hydrogens (tertiary/aromatic N) is 1. The summed E-state index contributed by atoms with van der Waals surface area (Å²) in [5, 5.41) is 8.23. The summed E-state index contributed by atoms with van der Waals surface area (Å²) >= 11 is 8.04. The van der Waals surface area contributed by atoms with Gasteiger partial charge < -0.3 is 0 Å². The fourth-order valence-corrected chi connectivity index (χ4v) is 1.64. The number of aromatic nitrogens is 2. The molecule has 56 valence electrons. The van der Waals surface area contributed by atoms with Crippen LogP contribution in [-0.2, 0) is 0 Å². The number of hydrogen-bond donors (Lipinski definition) is 1. The number of H-pyrrole nitrogens is 1. The Balaban J connectivity index is 2.87. The fraction of sp³-hybridized carbons (Fsp3) is 0. The number of rotatable bonds is 0. The summed E-state index contributed by atoms with van der Waals surface area (Å²) in [6.45, 7) is 0. The van der Waals surface area contributed by atoms with E-state index in [9.17, 15) is 0 Å². The molecule has 0 spiro atoms. The van der Waals surface area contributed by atoms with Gasteiger partial charge in [-0.05, 0) is 40.8 Å². The van der Waals surface area contributed by atoms with E-state index in [1.165, 1.54) is 3.57 Å². The lowest BCUT2D eigenvalue weighted by Gasteiger charge is -1.89. The smallest absolute Gasteiger partial charge is 0.158 e. The average Bonchev–Trinajstić information content (AvgIpc) is 2.33. The Morgan fingerprint density at radius 2 is 2.27 bits per heavy atom. The van der Waals surface area contributed by atoms with Gasteiger partial charge in [-0.25, -0.2) is 0 Å². The molecule has 0 amide bonds. The van der Waals surface area contributed by atoms with Gasteiger partial charge in [0.2, 0.25) is 0 Å². The molecule has 0 atom stereocenters. The number of nitrogens with one attached hydrogen (secondary N) is 1. The molecule has 11 heavy (non-hydrogen) atoms. The third-order valence-corrected chi connectivity index (χ3v) is 2.44. The highest BCUT2D eigenvalue weighted by Crippen LogP contribution is 2.21. The minimum absolute atomic E-state index is 0.540. The molecule has 4 heteroatoms. The lowest BCUT2D eigenvalue weighted by molar-refractivity contribution is 1.12. The third-order valence-electron chi connectivity index (χ3n) is 1.48. The lowest BCUT2D eigenvalue weighted by atomic mass is 10.3. The van der Waals surface area contributed by atoms with Crippen molar-refractivity contribution in [3.63, 3.8) is 0 Å². The Labute approximate surface area is 82.1 Å². The van der Waals surface area contributed by atoms with Crippen LogP contribution in [0.5, 0.6) is 0 Å². The summed E-state index contributed by atoms with van der Waals surface area (Å²) in [4.78, 5) is 0. The Morgan fingerprint density at radius 1 is 1.45 bits per heavy atom. The van der Waals surface area contributed by atoms with Crippen molar-refractivity contribution in [1.82, 2.24) is 10.2 Å². The first-order chi connectivity index (χ1) is 5.27. The highest BCUT2D eigenvalue weighted by Gasteiger charge is 2.01. The Morgan fingerprint density at radius 3 is 3.09 bits per heavy atom. The molecule has 1 N–H and O–H groups in total. The minimum atomic E-state index is 0.540. The zero-order valence-corrected chi connectivity index (χ0v) is 8.35. The van der Waals surface area contributed by atoms with E-state index in [1.54, 1.807) is 0 Å². The SMILES string of the molecule is Clc1n[nH]c2ccc(I)cc12. The van der Waals surface area contributed by atoms with E-state index in [4.69, 9.17) is 11.6 Å². The van der Waals surface area contributed by atoms with Gasteiger partial charge in [0, 0.05) is 8.96 Å². The van der Waals surface area contributed by atoms with Crippen molar-refractivity contribution >= 4 is 45.1 Å². The molecular formula is C7H4ClIN2. The molecule has 0 aliphatic heterocycles. The molecule has 0 aliphatic rings. The molecule has 1 aromatic heterocycles. The van der Waals surface area contributed by atoms with Gasteiger partial charge in [-0.2, -0.15) is 5.10 Å². The second kappa shape index (κ2) is 2.64. The van der Waals surface area contributed by atoms with Crippen LogP contribution < -0.4 is 0 Å². The second-order valence-corrected chi connectivity index (χ2v) is 3.81. The molecule has 0 aliphatic carbocycles. The van der Waals surface area contributed by atoms with Crippen LogP contribution in [-0.4, -0.2) is 10.2 Å². The molecule has 2 aromatic rings. The van der Waals surface area contributed by atoms with Gasteiger partial charge in [-0.1, -0.05) is 11.6 Å². The summed E-state index contributed by atoms with van der Waals surface area (Å²) in [5.41, 5.74) is 0.982. The van der Waals surface area contributed by atoms with Gasteiger partial charge in [-0.3, -0.25) is 5.10 Å². The highest BCUT2D eigenvalue weighted by atomic mass is 127. The molecule has 0 radical (unpaired) electrons. The molecular weight excluding hydrogens is 274 g/mol. The standard InChI is InChI=1S/C7H4ClIN2/c8-7-5-3-4(9)1-2-6(5)10-11-7/h1-3H,(H,10,11). The summed E-state index contributed by atoms with van der Waals surface area (Å²) in [6.07, 6.45) is 0. The highest BCUT2D eigenvalue weighted by molar-refractivity contribution is 14.1. The first-order valence-electron chi connectivity index (χ1n) is 3.06. The molecule has 1 aromatic carbocycles. The number of hydrogen-bond acceptors (Lipinski definition) is 1. The van der Waals surface area contributed by atoms with Crippen LogP contribution in [0.1, 0.15) is 0 Å². The van der Waals surface area contributed by atoms with Crippen molar-refractivity contribution in [2.45, 2.75) is 0 Å². The topological polar surface area (TPSA) is 28.7 Å². The van der Waals surface area contributed by atoms with Crippen LogP contribution in [0.4, 0.5) is 0 Å². The zero-order valence-electron chi connectivity index (χ0n) is 5.44. The van der Waals surface area contributed by atoms with Gasteiger partial charge in [0.1, 0.15) is 0 Å². The molecule has 0 fully saturated rings. The van der Waals surface area contributed by atoms with Crippen LogP contribution in [0.3, 0.4) is 0 Å². The van der Waals surface area contributed by atoms with Crippen LogP contribution in [0.15, 0.2) is 18.2 Å². The largest absolute Gasteiger partial charge is 0.276 e. The van der Waals surface area contributed by atoms with Gasteiger partial charge in [0.25, 0.3) is 0 Å². The van der Waals surface area contributed by atoms with Crippen LogP contribution in [0, 0.1) is 3.57 Å². The minimum Gasteiger partial charge on any atom is -0.276 e. The van der Waals surface area contributed by atoms with E-state index >= 15 is 0 Å². The van der Waals surface area contributed by atoms with Crippen LogP contribution in [0.2, 0.25) is 5.15 Å². The van der Waals surface area contributed by atoms with Crippen LogP contribution >= 0.6 is 34.2 Å². The van der Waals surface area contributed by atoms with Crippen molar-refractivity contribution in [1.29, 1.82) is 0 Å². The van der Waals surface area contributed by atoms with Crippen molar-refractivity contribution in [3.05, 3.63) is 26.9 Å². The predicted octanol–water partition coefficient (Wildman–Crippen LogP) is 2.82. The molecule has 0 saturated heterocycles.